The van der Waals surface area contributed by atoms with E-state index in [4.69, 9.17) is 15.6 Å². The number of carboxylic acids is 1. The van der Waals surface area contributed by atoms with Crippen molar-refractivity contribution in [3.8, 4) is 16.9 Å². The second kappa shape index (κ2) is 5.17. The van der Waals surface area contributed by atoms with Crippen molar-refractivity contribution >= 4 is 28.7 Å². The lowest BCUT2D eigenvalue weighted by Gasteiger charge is -2.05. The van der Waals surface area contributed by atoms with Crippen LogP contribution in [0.4, 0.5) is 11.4 Å². The van der Waals surface area contributed by atoms with Crippen molar-refractivity contribution in [1.82, 2.24) is 0 Å². The number of nitrogen functional groups attached to an aromatic ring is 1. The number of methoxy groups -OCH3 is 1. The molecule has 0 unspecified atom stereocenters. The summed E-state index contributed by atoms with van der Waals surface area (Å²) < 4.78 is 4.91. The van der Waals surface area contributed by atoms with Gasteiger partial charge in [-0.05, 0) is 11.6 Å². The summed E-state index contributed by atoms with van der Waals surface area (Å²) >= 11 is 0.978. The van der Waals surface area contributed by atoms with Crippen LogP contribution in [0.5, 0.6) is 5.75 Å². The Morgan fingerprint density at radius 3 is 2.70 bits per heavy atom. The fraction of sp³-hybridized carbons (Fsp3) is 0.0833. The highest BCUT2D eigenvalue weighted by atomic mass is 32.1. The van der Waals surface area contributed by atoms with E-state index in [1.807, 2.05) is 0 Å². The molecule has 0 spiro atoms. The summed E-state index contributed by atoms with van der Waals surface area (Å²) in [7, 11) is 1.34. The van der Waals surface area contributed by atoms with Crippen LogP contribution in [0.25, 0.3) is 11.1 Å². The molecule has 0 amide bonds. The van der Waals surface area contributed by atoms with E-state index in [9.17, 15) is 14.9 Å². The molecule has 2 rings (SSSR count). The Morgan fingerprint density at radius 2 is 2.20 bits per heavy atom. The lowest BCUT2D eigenvalue weighted by molar-refractivity contribution is -0.385. The van der Waals surface area contributed by atoms with Gasteiger partial charge in [0.25, 0.3) is 0 Å². The minimum atomic E-state index is -1.12. The summed E-state index contributed by atoms with van der Waals surface area (Å²) in [5.41, 5.74) is 6.59. The number of rotatable bonds is 4. The van der Waals surface area contributed by atoms with Gasteiger partial charge in [0, 0.05) is 17.0 Å². The summed E-state index contributed by atoms with van der Waals surface area (Å²) in [6.45, 7) is 0. The maximum absolute atomic E-state index is 11.0. The SMILES string of the molecule is COc1ccc(-c2csc(C(=O)O)c2N)cc1[N+](=O)[O-]. The van der Waals surface area contributed by atoms with Crippen LogP contribution in [-0.4, -0.2) is 23.1 Å². The van der Waals surface area contributed by atoms with Gasteiger partial charge in [-0.25, -0.2) is 4.79 Å². The topological polar surface area (TPSA) is 116 Å². The normalized spacial score (nSPS) is 10.2. The molecule has 7 nitrogen and oxygen atoms in total. The first-order valence-corrected chi connectivity index (χ1v) is 6.26. The van der Waals surface area contributed by atoms with Gasteiger partial charge < -0.3 is 15.6 Å². The maximum atomic E-state index is 11.0. The van der Waals surface area contributed by atoms with Gasteiger partial charge in [-0.2, -0.15) is 0 Å². The van der Waals surface area contributed by atoms with E-state index in [-0.39, 0.29) is 22.0 Å². The Bertz CT molecular complexity index is 695. The molecule has 0 bridgehead atoms. The molecule has 0 saturated heterocycles. The first-order chi connectivity index (χ1) is 9.45. The second-order valence-corrected chi connectivity index (χ2v) is 4.72. The number of aromatic carboxylic acids is 1. The predicted molar refractivity (Wildman–Crippen MR) is 74.3 cm³/mol. The third kappa shape index (κ3) is 2.28. The molecule has 104 valence electrons. The van der Waals surface area contributed by atoms with Crippen LogP contribution >= 0.6 is 11.3 Å². The highest BCUT2D eigenvalue weighted by Gasteiger charge is 2.20. The summed E-state index contributed by atoms with van der Waals surface area (Å²) in [6, 6.07) is 4.35. The zero-order valence-corrected chi connectivity index (χ0v) is 11.1. The molecular formula is C12H10N2O5S. The number of nitrogens with two attached hydrogens (primary N) is 1. The van der Waals surface area contributed by atoms with Crippen molar-refractivity contribution in [3.63, 3.8) is 0 Å². The molecule has 2 aromatic rings. The van der Waals surface area contributed by atoms with Crippen molar-refractivity contribution in [2.75, 3.05) is 12.8 Å². The van der Waals surface area contributed by atoms with Crippen molar-refractivity contribution in [2.45, 2.75) is 0 Å². The standard InChI is InChI=1S/C12H10N2O5S/c1-19-9-3-2-6(4-8(9)14(17)18)7-5-20-11(10(7)13)12(15)16/h2-5H,13H2,1H3,(H,15,16). The Labute approximate surface area is 117 Å². The van der Waals surface area contributed by atoms with Crippen LogP contribution < -0.4 is 10.5 Å². The summed E-state index contributed by atoms with van der Waals surface area (Å²) in [5, 5.41) is 21.5. The molecule has 0 fully saturated rings. The molecule has 0 saturated carbocycles. The number of benzene rings is 1. The van der Waals surface area contributed by atoms with Crippen molar-refractivity contribution in [1.29, 1.82) is 0 Å². The van der Waals surface area contributed by atoms with Gasteiger partial charge in [0.05, 0.1) is 17.7 Å². The van der Waals surface area contributed by atoms with Gasteiger partial charge in [0.1, 0.15) is 4.88 Å². The van der Waals surface area contributed by atoms with Gasteiger partial charge in [0.2, 0.25) is 0 Å². The smallest absolute Gasteiger partial charge is 0.348 e. The minimum Gasteiger partial charge on any atom is -0.490 e. The van der Waals surface area contributed by atoms with Crippen molar-refractivity contribution in [2.24, 2.45) is 0 Å². The lowest BCUT2D eigenvalue weighted by atomic mass is 10.1. The average Bonchev–Trinajstić information content (AvgIpc) is 2.79. The van der Waals surface area contributed by atoms with Gasteiger partial charge >= 0.3 is 11.7 Å². The van der Waals surface area contributed by atoms with Crippen LogP contribution in [-0.2, 0) is 0 Å². The number of hydrogen-bond donors (Lipinski definition) is 2. The predicted octanol–water partition coefficient (Wildman–Crippen LogP) is 2.61. The van der Waals surface area contributed by atoms with E-state index >= 15 is 0 Å². The molecule has 3 N–H and O–H groups in total. The van der Waals surface area contributed by atoms with E-state index in [1.54, 1.807) is 11.4 Å². The van der Waals surface area contributed by atoms with Crippen LogP contribution in [0, 0.1) is 10.1 Å². The second-order valence-electron chi connectivity index (χ2n) is 3.84. The van der Waals surface area contributed by atoms with E-state index < -0.39 is 10.9 Å². The first-order valence-electron chi connectivity index (χ1n) is 5.38. The lowest BCUT2D eigenvalue weighted by Crippen LogP contribution is -1.98. The first kappa shape index (κ1) is 13.8. The molecule has 0 aliphatic rings. The number of nitro groups is 1. The molecule has 1 heterocycles. The fourth-order valence-electron chi connectivity index (χ4n) is 1.76. The summed E-state index contributed by atoms with van der Waals surface area (Å²) in [6.07, 6.45) is 0. The fourth-order valence-corrected chi connectivity index (χ4v) is 2.59. The van der Waals surface area contributed by atoms with E-state index in [2.05, 4.69) is 0 Å². The third-order valence-corrected chi connectivity index (χ3v) is 3.69. The van der Waals surface area contributed by atoms with Crippen LogP contribution in [0.1, 0.15) is 9.67 Å². The number of anilines is 1. The van der Waals surface area contributed by atoms with Gasteiger partial charge in [0.15, 0.2) is 5.75 Å². The largest absolute Gasteiger partial charge is 0.490 e. The molecule has 1 aromatic carbocycles. The monoisotopic (exact) mass is 294 g/mol. The van der Waals surface area contributed by atoms with Gasteiger partial charge in [-0.15, -0.1) is 11.3 Å². The Kier molecular flexibility index (Phi) is 3.57. The number of nitrogens with zero attached hydrogens (tertiary/aromatic N) is 1. The maximum Gasteiger partial charge on any atom is 0.348 e. The molecule has 8 heteroatoms. The Hall–Kier alpha value is -2.61. The van der Waals surface area contributed by atoms with Crippen LogP contribution in [0.15, 0.2) is 23.6 Å². The number of carbonyl (C=O) groups is 1. The molecular weight excluding hydrogens is 284 g/mol. The average molecular weight is 294 g/mol. The summed E-state index contributed by atoms with van der Waals surface area (Å²) in [4.78, 5) is 21.4. The van der Waals surface area contributed by atoms with Crippen LogP contribution in [0.2, 0.25) is 0 Å². The number of hydrogen-bond acceptors (Lipinski definition) is 6. The van der Waals surface area contributed by atoms with Crippen molar-refractivity contribution in [3.05, 3.63) is 38.6 Å². The number of thiophene rings is 1. The number of nitro benzene ring substituents is 1. The summed E-state index contributed by atoms with van der Waals surface area (Å²) in [5.74, 6) is -0.993. The third-order valence-electron chi connectivity index (χ3n) is 2.71. The molecule has 0 atom stereocenters. The van der Waals surface area contributed by atoms with Crippen molar-refractivity contribution < 1.29 is 19.6 Å². The van der Waals surface area contributed by atoms with E-state index in [0.717, 1.165) is 11.3 Å². The molecule has 0 aliphatic heterocycles. The molecule has 1 aromatic heterocycles. The molecule has 20 heavy (non-hydrogen) atoms. The van der Waals surface area contributed by atoms with E-state index in [0.29, 0.717) is 11.1 Å². The van der Waals surface area contributed by atoms with Crippen LogP contribution in [0.3, 0.4) is 0 Å². The Morgan fingerprint density at radius 1 is 1.50 bits per heavy atom. The van der Waals surface area contributed by atoms with Gasteiger partial charge in [-0.3, -0.25) is 10.1 Å². The van der Waals surface area contributed by atoms with Gasteiger partial charge in [-0.1, -0.05) is 6.07 Å². The molecule has 0 aliphatic carbocycles. The minimum absolute atomic E-state index is 0.0125. The zero-order valence-electron chi connectivity index (χ0n) is 10.3. The highest BCUT2D eigenvalue weighted by Crippen LogP contribution is 2.38. The zero-order chi connectivity index (χ0) is 14.9. The quantitative estimate of drug-likeness (QED) is 0.661. The number of carboxylic acid groups (broad SMARTS) is 1. The van der Waals surface area contributed by atoms with E-state index in [1.165, 1.54) is 19.2 Å². The number of ether oxygens (including phenoxy) is 1. The molecule has 0 radical (unpaired) electrons. The Balaban J connectivity index is 2.56. The highest BCUT2D eigenvalue weighted by molar-refractivity contribution is 7.13.